The van der Waals surface area contributed by atoms with Crippen LogP contribution in [0.4, 0.5) is 0 Å². The molecule has 0 bridgehead atoms. The lowest BCUT2D eigenvalue weighted by Crippen LogP contribution is -2.42. The molecule has 1 aliphatic carbocycles. The highest BCUT2D eigenvalue weighted by Gasteiger charge is 2.26. The van der Waals surface area contributed by atoms with Gasteiger partial charge in [0.05, 0.1) is 18.0 Å². The summed E-state index contributed by atoms with van der Waals surface area (Å²) in [5.41, 5.74) is 2.29. The molecule has 1 fully saturated rings. The van der Waals surface area contributed by atoms with Crippen molar-refractivity contribution < 1.29 is 14.3 Å². The number of likely N-dealkylation sites (N-methyl/N-ethyl adjacent to an activating group) is 1. The summed E-state index contributed by atoms with van der Waals surface area (Å²) < 4.78 is 14.1. The largest absolute Gasteiger partial charge is 0.486 e. The maximum Gasteiger partial charge on any atom is 0.232 e. The van der Waals surface area contributed by atoms with Crippen molar-refractivity contribution in [1.82, 2.24) is 14.5 Å². The second-order valence-electron chi connectivity index (χ2n) is 7.93. The monoisotopic (exact) mass is 415 g/mol. The Morgan fingerprint density at radius 1 is 1.24 bits per heavy atom. The fraction of sp³-hybridized carbons (Fsp3) is 0.545. The standard InChI is InChI=1S/C22H29N3O3S/c1-15-16(2)25(17-8-4-5-9-17)22(23-15)29-14-21(26)24(3)12-18-13-27-19-10-6-7-11-20(19)28-18/h6-7,10-11,17-18H,4-5,8-9,12-14H2,1-3H3. The molecule has 1 unspecified atom stereocenters. The number of thioether (sulfide) groups is 1. The van der Waals surface area contributed by atoms with Gasteiger partial charge in [-0.15, -0.1) is 0 Å². The van der Waals surface area contributed by atoms with Gasteiger partial charge in [-0.25, -0.2) is 4.98 Å². The van der Waals surface area contributed by atoms with E-state index in [0.717, 1.165) is 22.3 Å². The van der Waals surface area contributed by atoms with Gasteiger partial charge in [0.1, 0.15) is 6.61 Å². The van der Waals surface area contributed by atoms with Crippen molar-refractivity contribution in [2.75, 3.05) is 26.0 Å². The molecule has 2 aromatic rings. The Bertz CT molecular complexity index is 876. The van der Waals surface area contributed by atoms with Crippen molar-refractivity contribution in [2.45, 2.75) is 56.8 Å². The van der Waals surface area contributed by atoms with E-state index in [-0.39, 0.29) is 12.0 Å². The summed E-state index contributed by atoms with van der Waals surface area (Å²) in [4.78, 5) is 19.2. The van der Waals surface area contributed by atoms with E-state index in [0.29, 0.717) is 24.9 Å². The van der Waals surface area contributed by atoms with Crippen LogP contribution in [0, 0.1) is 13.8 Å². The summed E-state index contributed by atoms with van der Waals surface area (Å²) in [5, 5.41) is 0.972. The van der Waals surface area contributed by atoms with Crippen LogP contribution in [0.3, 0.4) is 0 Å². The summed E-state index contributed by atoms with van der Waals surface area (Å²) in [6.07, 6.45) is 4.81. The smallest absolute Gasteiger partial charge is 0.232 e. The van der Waals surface area contributed by atoms with Crippen LogP contribution < -0.4 is 9.47 Å². The number of aryl methyl sites for hydroxylation is 1. The van der Waals surface area contributed by atoms with Crippen molar-refractivity contribution in [3.8, 4) is 11.5 Å². The second-order valence-corrected chi connectivity index (χ2v) is 8.88. The molecule has 0 radical (unpaired) electrons. The van der Waals surface area contributed by atoms with E-state index in [1.807, 2.05) is 31.3 Å². The third-order valence-corrected chi connectivity index (χ3v) is 6.78. The molecule has 1 atom stereocenters. The van der Waals surface area contributed by atoms with Gasteiger partial charge in [0.15, 0.2) is 22.8 Å². The van der Waals surface area contributed by atoms with Gasteiger partial charge in [0.25, 0.3) is 0 Å². The molecule has 2 aliphatic rings. The third kappa shape index (κ3) is 4.39. The molecule has 0 saturated heterocycles. The minimum absolute atomic E-state index is 0.0775. The van der Waals surface area contributed by atoms with Crippen LogP contribution in [0.15, 0.2) is 29.4 Å². The van der Waals surface area contributed by atoms with Crippen molar-refractivity contribution in [1.29, 1.82) is 0 Å². The SMILES string of the molecule is Cc1nc(SCC(=O)N(C)CC2COc3ccccc3O2)n(C2CCCC2)c1C. The molecule has 29 heavy (non-hydrogen) atoms. The van der Waals surface area contributed by atoms with E-state index in [4.69, 9.17) is 14.5 Å². The van der Waals surface area contributed by atoms with Crippen molar-refractivity contribution in [3.63, 3.8) is 0 Å². The van der Waals surface area contributed by atoms with Crippen LogP contribution in [-0.4, -0.2) is 52.4 Å². The lowest BCUT2D eigenvalue weighted by molar-refractivity contribution is -0.128. The Morgan fingerprint density at radius 3 is 2.72 bits per heavy atom. The Labute approximate surface area is 176 Å². The zero-order valence-corrected chi connectivity index (χ0v) is 18.2. The third-order valence-electron chi connectivity index (χ3n) is 5.84. The number of ether oxygens (including phenoxy) is 2. The van der Waals surface area contributed by atoms with Crippen LogP contribution in [-0.2, 0) is 4.79 Å². The highest BCUT2D eigenvalue weighted by molar-refractivity contribution is 7.99. The first kappa shape index (κ1) is 20.1. The van der Waals surface area contributed by atoms with E-state index in [2.05, 4.69) is 18.4 Å². The van der Waals surface area contributed by atoms with Gasteiger partial charge >= 0.3 is 0 Å². The maximum atomic E-state index is 12.7. The van der Waals surface area contributed by atoms with Gasteiger partial charge in [-0.05, 0) is 38.8 Å². The van der Waals surface area contributed by atoms with E-state index in [1.165, 1.54) is 31.4 Å². The summed E-state index contributed by atoms with van der Waals surface area (Å²) in [6.45, 7) is 5.14. The summed E-state index contributed by atoms with van der Waals surface area (Å²) >= 11 is 1.54. The van der Waals surface area contributed by atoms with Gasteiger partial charge in [0.2, 0.25) is 5.91 Å². The molecule has 1 aliphatic heterocycles. The van der Waals surface area contributed by atoms with Gasteiger partial charge in [-0.2, -0.15) is 0 Å². The van der Waals surface area contributed by atoms with Crippen LogP contribution >= 0.6 is 11.8 Å². The van der Waals surface area contributed by atoms with Crippen LogP contribution in [0.25, 0.3) is 0 Å². The zero-order chi connectivity index (χ0) is 20.4. The second kappa shape index (κ2) is 8.69. The van der Waals surface area contributed by atoms with Crippen LogP contribution in [0.2, 0.25) is 0 Å². The first-order valence-electron chi connectivity index (χ1n) is 10.3. The Morgan fingerprint density at radius 2 is 1.97 bits per heavy atom. The first-order valence-corrected chi connectivity index (χ1v) is 11.3. The Hall–Kier alpha value is -2.15. The molecule has 7 heteroatoms. The molecular weight excluding hydrogens is 386 g/mol. The highest BCUT2D eigenvalue weighted by Crippen LogP contribution is 2.35. The summed E-state index contributed by atoms with van der Waals surface area (Å²) in [6, 6.07) is 8.17. The van der Waals surface area contributed by atoms with Crippen molar-refractivity contribution >= 4 is 17.7 Å². The molecule has 1 saturated carbocycles. The lowest BCUT2D eigenvalue weighted by Gasteiger charge is -2.29. The average molecular weight is 416 g/mol. The van der Waals surface area contributed by atoms with Gasteiger partial charge in [-0.3, -0.25) is 4.79 Å². The highest BCUT2D eigenvalue weighted by atomic mass is 32.2. The molecule has 1 amide bonds. The van der Waals surface area contributed by atoms with E-state index in [9.17, 15) is 4.79 Å². The van der Waals surface area contributed by atoms with Crippen molar-refractivity contribution in [2.24, 2.45) is 0 Å². The van der Waals surface area contributed by atoms with E-state index < -0.39 is 0 Å². The van der Waals surface area contributed by atoms with Gasteiger partial charge in [0, 0.05) is 18.8 Å². The van der Waals surface area contributed by atoms with Crippen LogP contribution in [0.1, 0.15) is 43.1 Å². The normalized spacial score (nSPS) is 18.8. The predicted octanol–water partition coefficient (Wildman–Crippen LogP) is 4.01. The number of amides is 1. The van der Waals surface area contributed by atoms with Gasteiger partial charge < -0.3 is 18.9 Å². The van der Waals surface area contributed by atoms with Crippen molar-refractivity contribution in [3.05, 3.63) is 35.7 Å². The molecule has 1 aromatic heterocycles. The number of rotatable bonds is 6. The number of carbonyl (C=O) groups excluding carboxylic acids is 1. The minimum atomic E-state index is -0.159. The fourth-order valence-corrected chi connectivity index (χ4v) is 5.19. The molecule has 0 N–H and O–H groups in total. The van der Waals surface area contributed by atoms with E-state index in [1.54, 1.807) is 16.7 Å². The van der Waals surface area contributed by atoms with E-state index >= 15 is 0 Å². The maximum absolute atomic E-state index is 12.7. The predicted molar refractivity (Wildman–Crippen MR) is 114 cm³/mol. The zero-order valence-electron chi connectivity index (χ0n) is 17.4. The molecule has 0 spiro atoms. The lowest BCUT2D eigenvalue weighted by atomic mass is 10.2. The number of hydrogen-bond donors (Lipinski definition) is 0. The molecule has 1 aromatic carbocycles. The number of nitrogens with zero attached hydrogens (tertiary/aromatic N) is 3. The number of para-hydroxylation sites is 2. The quantitative estimate of drug-likeness (QED) is 0.668. The number of fused-ring (bicyclic) bond motifs is 1. The van der Waals surface area contributed by atoms with Crippen LogP contribution in [0.5, 0.6) is 11.5 Å². The number of benzene rings is 1. The molecule has 4 rings (SSSR count). The number of hydrogen-bond acceptors (Lipinski definition) is 5. The Kier molecular flexibility index (Phi) is 6.04. The number of aromatic nitrogens is 2. The Balaban J connectivity index is 1.34. The molecule has 156 valence electrons. The topological polar surface area (TPSA) is 56.6 Å². The average Bonchev–Trinajstić information content (AvgIpc) is 3.34. The summed E-state index contributed by atoms with van der Waals surface area (Å²) in [7, 11) is 1.83. The number of imidazole rings is 1. The fourth-order valence-electron chi connectivity index (χ4n) is 4.09. The van der Waals surface area contributed by atoms with Gasteiger partial charge in [-0.1, -0.05) is 36.7 Å². The summed E-state index contributed by atoms with van der Waals surface area (Å²) in [5.74, 6) is 1.96. The number of carbonyl (C=O) groups is 1. The molecule has 6 nitrogen and oxygen atoms in total. The molecular formula is C22H29N3O3S. The first-order chi connectivity index (χ1) is 14.0. The molecule has 2 heterocycles. The minimum Gasteiger partial charge on any atom is -0.486 e.